The number of carbonyl (C=O) groups excluding carboxylic acids is 1. The van der Waals surface area contributed by atoms with E-state index in [1.54, 1.807) is 7.11 Å². The summed E-state index contributed by atoms with van der Waals surface area (Å²) in [5.74, 6) is 0.146. The fourth-order valence-electron chi connectivity index (χ4n) is 1.80. The summed E-state index contributed by atoms with van der Waals surface area (Å²) in [7, 11) is 1.63. The van der Waals surface area contributed by atoms with Crippen molar-refractivity contribution in [2.45, 2.75) is 27.2 Å². The van der Waals surface area contributed by atoms with Gasteiger partial charge in [-0.1, -0.05) is 6.07 Å². The summed E-state index contributed by atoms with van der Waals surface area (Å²) < 4.78 is 10.2. The zero-order valence-electron chi connectivity index (χ0n) is 11.7. The molecule has 0 saturated heterocycles. The maximum absolute atomic E-state index is 12.1. The van der Waals surface area contributed by atoms with E-state index in [0.717, 1.165) is 16.7 Å². The SMILES string of the molecule is COCCOCCC(=O)c1cc(C)c(C)cc1C. The molecule has 1 rings (SSSR count). The highest BCUT2D eigenvalue weighted by Gasteiger charge is 2.10. The van der Waals surface area contributed by atoms with Crippen molar-refractivity contribution < 1.29 is 14.3 Å². The molecule has 0 bridgehead atoms. The number of rotatable bonds is 7. The smallest absolute Gasteiger partial charge is 0.165 e. The predicted molar refractivity (Wildman–Crippen MR) is 72.3 cm³/mol. The van der Waals surface area contributed by atoms with Crippen LogP contribution in [0.5, 0.6) is 0 Å². The van der Waals surface area contributed by atoms with Crippen LogP contribution >= 0.6 is 0 Å². The number of benzene rings is 1. The quantitative estimate of drug-likeness (QED) is 0.551. The lowest BCUT2D eigenvalue weighted by Crippen LogP contribution is -2.09. The van der Waals surface area contributed by atoms with E-state index in [0.29, 0.717) is 26.2 Å². The fraction of sp³-hybridized carbons (Fsp3) is 0.533. The maximum atomic E-state index is 12.1. The maximum Gasteiger partial charge on any atom is 0.165 e. The monoisotopic (exact) mass is 250 g/mol. The normalized spacial score (nSPS) is 10.7. The van der Waals surface area contributed by atoms with Crippen molar-refractivity contribution in [1.82, 2.24) is 0 Å². The molecule has 1 aromatic carbocycles. The van der Waals surface area contributed by atoms with Gasteiger partial charge in [-0.2, -0.15) is 0 Å². The van der Waals surface area contributed by atoms with Crippen LogP contribution in [0.2, 0.25) is 0 Å². The van der Waals surface area contributed by atoms with E-state index in [2.05, 4.69) is 13.0 Å². The molecule has 100 valence electrons. The number of aryl methyl sites for hydroxylation is 3. The molecule has 0 aliphatic rings. The van der Waals surface area contributed by atoms with Gasteiger partial charge in [0, 0.05) is 19.1 Å². The highest BCUT2D eigenvalue weighted by Crippen LogP contribution is 2.16. The molecule has 0 aromatic heterocycles. The van der Waals surface area contributed by atoms with Crippen LogP contribution in [0.25, 0.3) is 0 Å². The van der Waals surface area contributed by atoms with Gasteiger partial charge in [-0.05, 0) is 43.5 Å². The third kappa shape index (κ3) is 4.24. The Morgan fingerprint density at radius 3 is 2.33 bits per heavy atom. The summed E-state index contributed by atoms with van der Waals surface area (Å²) in [6, 6.07) is 4.04. The zero-order valence-corrected chi connectivity index (χ0v) is 11.7. The zero-order chi connectivity index (χ0) is 13.5. The molecule has 0 fully saturated rings. The summed E-state index contributed by atoms with van der Waals surface area (Å²) in [5.41, 5.74) is 4.23. The second-order valence-corrected chi connectivity index (χ2v) is 4.53. The number of ether oxygens (including phenoxy) is 2. The van der Waals surface area contributed by atoms with Gasteiger partial charge in [0.15, 0.2) is 5.78 Å². The van der Waals surface area contributed by atoms with Crippen LogP contribution in [0.4, 0.5) is 0 Å². The number of Topliss-reactive ketones (excluding diaryl/α,β-unsaturated/α-hetero) is 1. The van der Waals surface area contributed by atoms with Crippen LogP contribution < -0.4 is 0 Å². The molecule has 0 aliphatic heterocycles. The number of ketones is 1. The molecule has 18 heavy (non-hydrogen) atoms. The first kappa shape index (κ1) is 14.9. The number of carbonyl (C=O) groups is 1. The minimum atomic E-state index is 0.146. The summed E-state index contributed by atoms with van der Waals surface area (Å²) in [6.07, 6.45) is 0.424. The number of hydrogen-bond acceptors (Lipinski definition) is 3. The van der Waals surface area contributed by atoms with E-state index in [9.17, 15) is 4.79 Å². The Morgan fingerprint density at radius 1 is 1.00 bits per heavy atom. The molecule has 0 N–H and O–H groups in total. The van der Waals surface area contributed by atoms with Crippen molar-refractivity contribution in [3.63, 3.8) is 0 Å². The summed E-state index contributed by atoms with van der Waals surface area (Å²) in [6.45, 7) is 7.62. The Balaban J connectivity index is 2.54. The molecular weight excluding hydrogens is 228 g/mol. The highest BCUT2D eigenvalue weighted by molar-refractivity contribution is 5.97. The van der Waals surface area contributed by atoms with Crippen LogP contribution in [0.3, 0.4) is 0 Å². The molecule has 0 saturated carbocycles. The van der Waals surface area contributed by atoms with Gasteiger partial charge in [0.05, 0.1) is 19.8 Å². The lowest BCUT2D eigenvalue weighted by atomic mass is 9.97. The van der Waals surface area contributed by atoms with Crippen LogP contribution in [0.1, 0.15) is 33.5 Å². The minimum Gasteiger partial charge on any atom is -0.382 e. The van der Waals surface area contributed by atoms with Crippen molar-refractivity contribution in [3.8, 4) is 0 Å². The Bertz CT molecular complexity index is 410. The first-order valence-electron chi connectivity index (χ1n) is 6.24. The molecule has 3 nitrogen and oxygen atoms in total. The molecule has 0 atom stereocenters. The summed E-state index contributed by atoms with van der Waals surface area (Å²) >= 11 is 0. The van der Waals surface area contributed by atoms with Gasteiger partial charge < -0.3 is 9.47 Å². The van der Waals surface area contributed by atoms with Gasteiger partial charge in [0.2, 0.25) is 0 Å². The van der Waals surface area contributed by atoms with E-state index in [1.165, 1.54) is 5.56 Å². The van der Waals surface area contributed by atoms with Crippen LogP contribution in [0, 0.1) is 20.8 Å². The van der Waals surface area contributed by atoms with Crippen LogP contribution in [-0.2, 0) is 9.47 Å². The van der Waals surface area contributed by atoms with E-state index in [1.807, 2.05) is 19.9 Å². The molecule has 0 aliphatic carbocycles. The fourth-order valence-corrected chi connectivity index (χ4v) is 1.80. The summed E-state index contributed by atoms with van der Waals surface area (Å²) in [4.78, 5) is 12.1. The molecule has 3 heteroatoms. The van der Waals surface area contributed by atoms with E-state index in [4.69, 9.17) is 9.47 Å². The minimum absolute atomic E-state index is 0.146. The van der Waals surface area contributed by atoms with Crippen LogP contribution in [0.15, 0.2) is 12.1 Å². The predicted octanol–water partition coefficient (Wildman–Crippen LogP) is 2.85. The standard InChI is InChI=1S/C15H22O3/c1-11-9-13(3)14(10-12(11)2)15(16)5-6-18-8-7-17-4/h9-10H,5-8H2,1-4H3. The van der Waals surface area contributed by atoms with Gasteiger partial charge in [0.1, 0.15) is 0 Å². The van der Waals surface area contributed by atoms with Crippen molar-refractivity contribution in [2.75, 3.05) is 26.9 Å². The van der Waals surface area contributed by atoms with Crippen molar-refractivity contribution >= 4 is 5.78 Å². The number of methoxy groups -OCH3 is 1. The van der Waals surface area contributed by atoms with Crippen molar-refractivity contribution in [2.24, 2.45) is 0 Å². The average Bonchev–Trinajstić information content (AvgIpc) is 2.33. The second kappa shape index (κ2) is 7.29. The molecule has 0 heterocycles. The number of hydrogen-bond donors (Lipinski definition) is 0. The first-order chi connectivity index (χ1) is 8.56. The van der Waals surface area contributed by atoms with Gasteiger partial charge >= 0.3 is 0 Å². The second-order valence-electron chi connectivity index (χ2n) is 4.53. The largest absolute Gasteiger partial charge is 0.382 e. The van der Waals surface area contributed by atoms with Gasteiger partial charge in [-0.25, -0.2) is 0 Å². The molecular formula is C15H22O3. The van der Waals surface area contributed by atoms with E-state index < -0.39 is 0 Å². The summed E-state index contributed by atoms with van der Waals surface area (Å²) in [5, 5.41) is 0. The molecule has 0 unspecified atom stereocenters. The van der Waals surface area contributed by atoms with Gasteiger partial charge in [-0.15, -0.1) is 0 Å². The third-order valence-electron chi connectivity index (χ3n) is 3.05. The van der Waals surface area contributed by atoms with E-state index in [-0.39, 0.29) is 5.78 Å². The molecule has 0 spiro atoms. The lowest BCUT2D eigenvalue weighted by Gasteiger charge is -2.09. The molecule has 0 amide bonds. The van der Waals surface area contributed by atoms with Crippen molar-refractivity contribution in [1.29, 1.82) is 0 Å². The molecule has 1 aromatic rings. The van der Waals surface area contributed by atoms with E-state index >= 15 is 0 Å². The highest BCUT2D eigenvalue weighted by atomic mass is 16.5. The average molecular weight is 250 g/mol. The van der Waals surface area contributed by atoms with Gasteiger partial charge in [0.25, 0.3) is 0 Å². The Kier molecular flexibility index (Phi) is 6.02. The topological polar surface area (TPSA) is 35.5 Å². The first-order valence-corrected chi connectivity index (χ1v) is 6.24. The van der Waals surface area contributed by atoms with Crippen molar-refractivity contribution in [3.05, 3.63) is 34.4 Å². The Morgan fingerprint density at radius 2 is 1.67 bits per heavy atom. The molecule has 0 radical (unpaired) electrons. The van der Waals surface area contributed by atoms with Crippen LogP contribution in [-0.4, -0.2) is 32.7 Å². The van der Waals surface area contributed by atoms with Gasteiger partial charge in [-0.3, -0.25) is 4.79 Å². The third-order valence-corrected chi connectivity index (χ3v) is 3.05. The Labute approximate surface area is 109 Å². The lowest BCUT2D eigenvalue weighted by molar-refractivity contribution is 0.0641. The Hall–Kier alpha value is -1.19.